The van der Waals surface area contributed by atoms with Crippen LogP contribution in [0.3, 0.4) is 0 Å². The Kier molecular flexibility index (Phi) is 19.4. The van der Waals surface area contributed by atoms with Gasteiger partial charge in [-0.15, -0.1) is 11.3 Å². The minimum absolute atomic E-state index is 0.0356. The Morgan fingerprint density at radius 1 is 0.872 bits per heavy atom. The molecule has 6 atom stereocenters. The molecule has 2 bridgehead atoms. The maximum absolute atomic E-state index is 16.7. The van der Waals surface area contributed by atoms with Gasteiger partial charge in [-0.1, -0.05) is 113 Å². The molecule has 6 amide bonds. The summed E-state index contributed by atoms with van der Waals surface area (Å²) in [5, 5.41) is 26.5. The number of anilines is 1. The number of nitrogens with one attached hydrogen (secondary N) is 5. The number of hydrogen-bond acceptors (Lipinski definition) is 13. The first-order valence-corrected chi connectivity index (χ1v) is 32.0. The quantitative estimate of drug-likeness (QED) is 0.0410. The van der Waals surface area contributed by atoms with E-state index >= 15 is 14.0 Å². The fourth-order valence-electron chi connectivity index (χ4n) is 15.1. The molecule has 7 aliphatic rings. The largest absolute Gasteiger partial charge is 0.391 e. The monoisotopic (exact) mass is 1240 g/mol. The van der Waals surface area contributed by atoms with E-state index in [1.54, 1.807) is 41.1 Å². The molecule has 4 heterocycles. The van der Waals surface area contributed by atoms with Crippen LogP contribution in [0.1, 0.15) is 133 Å². The van der Waals surface area contributed by atoms with E-state index in [1.807, 2.05) is 65.0 Å². The second kappa shape index (κ2) is 26.2. The number of likely N-dealkylation sites (tertiary alicyclic amines) is 2. The number of ether oxygens (including phenoxy) is 3. The number of aryl methyl sites for hydroxylation is 1. The number of amides is 6. The van der Waals surface area contributed by atoms with Crippen molar-refractivity contribution in [3.8, 4) is 10.4 Å². The van der Waals surface area contributed by atoms with E-state index in [0.29, 0.717) is 75.2 Å². The fraction of sp³-hybridized carbons (Fsp3) is 0.578. The maximum atomic E-state index is 16.7. The summed E-state index contributed by atoms with van der Waals surface area (Å²) in [5.74, 6) is -3.48. The maximum Gasteiger partial charge on any atom is 0.246 e. The van der Waals surface area contributed by atoms with Crippen LogP contribution in [0.5, 0.6) is 0 Å². The average molecular weight is 1240 g/mol. The molecule has 4 aliphatic carbocycles. The van der Waals surface area contributed by atoms with Gasteiger partial charge < -0.3 is 50.8 Å². The zero-order valence-corrected chi connectivity index (χ0v) is 52.1. The topological polar surface area (TPSA) is 230 Å². The average Bonchev–Trinajstić information content (AvgIpc) is 1.49. The molecule has 4 aromatic rings. The molecule has 3 aliphatic heterocycles. The molecular formula is C64H81Cl2FN8O10S. The van der Waals surface area contributed by atoms with E-state index in [0.717, 1.165) is 46.5 Å². The van der Waals surface area contributed by atoms with Crippen LogP contribution >= 0.6 is 34.5 Å². The minimum atomic E-state index is -1.33. The lowest BCUT2D eigenvalue weighted by molar-refractivity contribution is -0.144. The van der Waals surface area contributed by atoms with E-state index in [9.17, 15) is 24.3 Å². The highest BCUT2D eigenvalue weighted by Crippen LogP contribution is 2.67. The predicted molar refractivity (Wildman–Crippen MR) is 326 cm³/mol. The number of likely N-dealkylation sites (N-methyl/N-ethyl adjacent to an activating group) is 1. The number of β-amino-alcohol motifs (C(OH)–C–C–N with tert-alkyl or cyclic N) is 1. The minimum Gasteiger partial charge on any atom is -0.391 e. The summed E-state index contributed by atoms with van der Waals surface area (Å²) < 4.78 is 33.7. The van der Waals surface area contributed by atoms with Gasteiger partial charge in [0.2, 0.25) is 35.4 Å². The summed E-state index contributed by atoms with van der Waals surface area (Å²) in [4.78, 5) is 94.0. The van der Waals surface area contributed by atoms with Crippen LogP contribution in [-0.2, 0) is 54.9 Å². The van der Waals surface area contributed by atoms with Crippen LogP contribution < -0.4 is 26.6 Å². The molecule has 2 saturated heterocycles. The molecule has 4 saturated carbocycles. The predicted octanol–water partition coefficient (Wildman–Crippen LogP) is 8.13. The first-order valence-electron chi connectivity index (χ1n) is 30.4. The summed E-state index contributed by atoms with van der Waals surface area (Å²) in [7, 11) is 0. The number of aromatic nitrogens is 1. The number of rotatable bonds is 22. The molecule has 464 valence electrons. The summed E-state index contributed by atoms with van der Waals surface area (Å²) in [5.41, 5.74) is 2.19. The van der Waals surface area contributed by atoms with E-state index in [1.165, 1.54) is 11.0 Å². The Morgan fingerprint density at radius 3 is 2.22 bits per heavy atom. The lowest BCUT2D eigenvalue weighted by Gasteiger charge is -2.53. The van der Waals surface area contributed by atoms with Crippen LogP contribution in [0.2, 0.25) is 10.0 Å². The number of carbonyl (C=O) groups is 6. The standard InChI is InChI=1S/C64H81Cl2FN8O10S/c1-6-75-52(50(44-11-10-12-46(66)51(44)67)64(63(75)19-8-7-9-20-63)45-18-17-42(65)33-47(45)71-59(64)82)56(79)73-62-24-21-61(22-25-62,23-26-62)58(81)68-27-28-83-29-30-84-31-32-85-37-49(77)72-54(60(3,4)5)57(80)74-36-43(76)34-48(74)55(78)69-35-40-13-15-41(16-14-40)53-39(2)70-38-86-53/h10-18,33,38,43,48,50,52,54,76H,6-9,19-32,34-37H2,1-5H3,(H,68,81)(H,69,78)(H,71,82)(H,72,77)(H,73,79)/t43-,48+,50+,52-,54-,61?,62?,64-/m1/s1. The molecule has 0 radical (unpaired) electrons. The van der Waals surface area contributed by atoms with Gasteiger partial charge in [0, 0.05) is 59.2 Å². The number of aliphatic hydroxyl groups excluding tert-OH is 1. The zero-order valence-electron chi connectivity index (χ0n) is 49.8. The van der Waals surface area contributed by atoms with E-state index in [4.69, 9.17) is 37.4 Å². The number of nitrogens with zero attached hydrogens (tertiary/aromatic N) is 3. The van der Waals surface area contributed by atoms with Crippen molar-refractivity contribution in [1.29, 1.82) is 0 Å². The lowest BCUT2D eigenvalue weighted by atomic mass is 9.55. The SMILES string of the molecule is CCN1[C@@H](C(=O)NC23CCC(C(=O)NCCOCCOCCOCC(=O)N[C@H](C(=O)N4C[C@H](O)C[C@H]4C(=O)NCc4ccc(-c5scnc5C)cc4)C(C)(C)C)(CC2)CC3)[C@H](c2cccc(Cl)c2F)[C@]2(C(=O)Nc3cc(Cl)ccc32)C12CCCCC2. The zero-order chi connectivity index (χ0) is 61.2. The molecule has 0 unspecified atom stereocenters. The van der Waals surface area contributed by atoms with E-state index in [2.05, 4.69) is 36.5 Å². The lowest BCUT2D eigenvalue weighted by Crippen LogP contribution is -2.63. The van der Waals surface area contributed by atoms with E-state index in [-0.39, 0.29) is 87.5 Å². The smallest absolute Gasteiger partial charge is 0.246 e. The van der Waals surface area contributed by atoms with Gasteiger partial charge in [-0.05, 0) is 111 Å². The Bertz CT molecular complexity index is 3150. The summed E-state index contributed by atoms with van der Waals surface area (Å²) in [6.45, 7) is 11.1. The Morgan fingerprint density at radius 2 is 1.56 bits per heavy atom. The fourth-order valence-corrected chi connectivity index (χ4v) is 16.3. The number of thiazole rings is 1. The third-order valence-corrected chi connectivity index (χ3v) is 20.9. The number of hydrogen-bond donors (Lipinski definition) is 6. The van der Waals surface area contributed by atoms with Gasteiger partial charge in [0.1, 0.15) is 29.9 Å². The van der Waals surface area contributed by atoms with Crippen LogP contribution in [0.4, 0.5) is 10.1 Å². The van der Waals surface area contributed by atoms with Crippen molar-refractivity contribution >= 4 is 75.7 Å². The molecule has 86 heavy (non-hydrogen) atoms. The number of halogens is 3. The van der Waals surface area contributed by atoms with Gasteiger partial charge in [0.05, 0.1) is 66.3 Å². The first-order chi connectivity index (χ1) is 41.2. The van der Waals surface area contributed by atoms with Crippen molar-refractivity contribution in [1.82, 2.24) is 36.1 Å². The molecule has 22 heteroatoms. The van der Waals surface area contributed by atoms with Crippen molar-refractivity contribution in [3.63, 3.8) is 0 Å². The van der Waals surface area contributed by atoms with Gasteiger partial charge >= 0.3 is 0 Å². The summed E-state index contributed by atoms with van der Waals surface area (Å²) >= 11 is 14.6. The van der Waals surface area contributed by atoms with Crippen molar-refractivity contribution < 1.29 is 52.5 Å². The van der Waals surface area contributed by atoms with Crippen LogP contribution in [0, 0.1) is 23.6 Å². The van der Waals surface area contributed by atoms with Crippen molar-refractivity contribution in [2.75, 3.05) is 64.6 Å². The van der Waals surface area contributed by atoms with Gasteiger partial charge in [-0.3, -0.25) is 33.7 Å². The summed E-state index contributed by atoms with van der Waals surface area (Å²) in [6.07, 6.45) is 6.72. The van der Waals surface area contributed by atoms with Crippen LogP contribution in [0.15, 0.2) is 66.2 Å². The van der Waals surface area contributed by atoms with Crippen LogP contribution in [-0.4, -0.2) is 150 Å². The molecule has 1 aromatic heterocycles. The molecule has 6 N–H and O–H groups in total. The Balaban J connectivity index is 0.648. The highest BCUT2D eigenvalue weighted by atomic mass is 35.5. The number of aliphatic hydroxyl groups is 1. The Hall–Kier alpha value is -5.58. The second-order valence-electron chi connectivity index (χ2n) is 25.4. The first kappa shape index (κ1) is 63.4. The van der Waals surface area contributed by atoms with Crippen molar-refractivity contribution in [3.05, 3.63) is 104 Å². The Labute approximate surface area is 516 Å². The third-order valence-electron chi connectivity index (χ3n) is 19.4. The highest BCUT2D eigenvalue weighted by molar-refractivity contribution is 7.13. The molecule has 3 aromatic carbocycles. The normalized spacial score (nSPS) is 26.2. The number of benzene rings is 3. The van der Waals surface area contributed by atoms with Crippen molar-refractivity contribution in [2.24, 2.45) is 10.8 Å². The highest BCUT2D eigenvalue weighted by Gasteiger charge is 2.75. The van der Waals surface area contributed by atoms with Gasteiger partial charge in [-0.25, -0.2) is 9.37 Å². The molecule has 11 rings (SSSR count). The van der Waals surface area contributed by atoms with Gasteiger partial charge in [0.15, 0.2) is 0 Å². The summed E-state index contributed by atoms with van der Waals surface area (Å²) in [6, 6.07) is 15.2. The second-order valence-corrected chi connectivity index (χ2v) is 27.1. The van der Waals surface area contributed by atoms with Crippen LogP contribution in [0.25, 0.3) is 10.4 Å². The van der Waals surface area contributed by atoms with E-state index < -0.39 is 81.0 Å². The van der Waals surface area contributed by atoms with Gasteiger partial charge in [0.25, 0.3) is 0 Å². The van der Waals surface area contributed by atoms with Gasteiger partial charge in [-0.2, -0.15) is 0 Å². The third kappa shape index (κ3) is 12.3. The molecule has 2 spiro atoms. The molecule has 18 nitrogen and oxygen atoms in total. The molecular weight excluding hydrogens is 1160 g/mol. The molecule has 6 fully saturated rings. The number of fused-ring (bicyclic) bond motifs is 6. The number of carbonyl (C=O) groups excluding carboxylic acids is 6. The van der Waals surface area contributed by atoms with Crippen molar-refractivity contribution in [2.45, 2.75) is 165 Å².